The van der Waals surface area contributed by atoms with Crippen LogP contribution < -0.4 is 10.0 Å². The molecule has 1 fully saturated rings. The number of sulfonamides is 1. The zero-order valence-corrected chi connectivity index (χ0v) is 13.8. The van der Waals surface area contributed by atoms with Gasteiger partial charge in [0, 0.05) is 17.1 Å². The second-order valence-electron chi connectivity index (χ2n) is 4.45. The van der Waals surface area contributed by atoms with Gasteiger partial charge in [-0.05, 0) is 37.6 Å². The Morgan fingerprint density at radius 3 is 2.75 bits per heavy atom. The van der Waals surface area contributed by atoms with Crippen molar-refractivity contribution in [2.45, 2.75) is 23.8 Å². The van der Waals surface area contributed by atoms with Gasteiger partial charge in [-0.25, -0.2) is 13.1 Å². The molecule has 0 radical (unpaired) electrons. The Balaban J connectivity index is 0.00000200. The summed E-state index contributed by atoms with van der Waals surface area (Å²) >= 11 is 3.22. The number of nitrogens with one attached hydrogen (secondary N) is 2. The number of rotatable bonds is 3. The molecule has 0 saturated carbocycles. The van der Waals surface area contributed by atoms with Crippen molar-refractivity contribution in [3.05, 3.63) is 28.2 Å². The molecule has 0 bridgehead atoms. The maximum absolute atomic E-state index is 12.3. The molecule has 1 aromatic carbocycles. The first kappa shape index (κ1) is 17.4. The van der Waals surface area contributed by atoms with Crippen LogP contribution in [0.1, 0.15) is 18.4 Å². The van der Waals surface area contributed by atoms with Crippen LogP contribution in [0.5, 0.6) is 0 Å². The van der Waals surface area contributed by atoms with Crippen LogP contribution in [-0.2, 0) is 10.0 Å². The van der Waals surface area contributed by atoms with E-state index in [0.717, 1.165) is 19.4 Å². The lowest BCUT2D eigenvalue weighted by Gasteiger charge is -2.23. The Labute approximate surface area is 133 Å². The second kappa shape index (κ2) is 7.38. The molecule has 5 nitrogen and oxygen atoms in total. The van der Waals surface area contributed by atoms with Gasteiger partial charge < -0.3 is 5.32 Å². The summed E-state index contributed by atoms with van der Waals surface area (Å²) in [6.07, 6.45) is 1.78. The number of halogens is 2. The van der Waals surface area contributed by atoms with E-state index in [4.69, 9.17) is 5.26 Å². The molecule has 1 aliphatic rings. The number of hydrogen-bond acceptors (Lipinski definition) is 4. The summed E-state index contributed by atoms with van der Waals surface area (Å²) in [7, 11) is -3.59. The van der Waals surface area contributed by atoms with E-state index in [2.05, 4.69) is 26.0 Å². The lowest BCUT2D eigenvalue weighted by molar-refractivity contribution is 0.428. The molecule has 1 saturated heterocycles. The fourth-order valence-corrected chi connectivity index (χ4v) is 4.01. The predicted octanol–water partition coefficient (Wildman–Crippen LogP) is 1.77. The highest BCUT2D eigenvalue weighted by molar-refractivity contribution is 9.10. The highest BCUT2D eigenvalue weighted by Crippen LogP contribution is 2.20. The van der Waals surface area contributed by atoms with Gasteiger partial charge in [-0.1, -0.05) is 15.9 Å². The van der Waals surface area contributed by atoms with Crippen LogP contribution in [0.4, 0.5) is 0 Å². The third-order valence-corrected chi connectivity index (χ3v) is 4.89. The van der Waals surface area contributed by atoms with Crippen molar-refractivity contribution in [1.29, 1.82) is 5.26 Å². The first-order valence-corrected chi connectivity index (χ1v) is 8.22. The van der Waals surface area contributed by atoms with Crippen molar-refractivity contribution in [2.24, 2.45) is 0 Å². The van der Waals surface area contributed by atoms with Gasteiger partial charge in [0.15, 0.2) is 0 Å². The quantitative estimate of drug-likeness (QED) is 0.837. The molecule has 2 N–H and O–H groups in total. The Morgan fingerprint density at radius 1 is 1.40 bits per heavy atom. The SMILES string of the molecule is Cl.N#Cc1cc(Br)cc(S(=O)(=O)NC2CCCNC2)c1. The smallest absolute Gasteiger partial charge is 0.240 e. The Hall–Kier alpha value is -0.650. The van der Waals surface area contributed by atoms with Gasteiger partial charge in [0.25, 0.3) is 0 Å². The molecular weight excluding hydrogens is 366 g/mol. The van der Waals surface area contributed by atoms with E-state index in [1.54, 1.807) is 6.07 Å². The number of piperidine rings is 1. The molecule has 1 aromatic rings. The minimum Gasteiger partial charge on any atom is -0.315 e. The van der Waals surface area contributed by atoms with Gasteiger partial charge in [-0.15, -0.1) is 12.4 Å². The van der Waals surface area contributed by atoms with Crippen LogP contribution in [0, 0.1) is 11.3 Å². The van der Waals surface area contributed by atoms with E-state index in [-0.39, 0.29) is 23.3 Å². The molecule has 2 rings (SSSR count). The van der Waals surface area contributed by atoms with Crippen molar-refractivity contribution in [2.75, 3.05) is 13.1 Å². The summed E-state index contributed by atoms with van der Waals surface area (Å²) in [5.41, 5.74) is 0.316. The van der Waals surface area contributed by atoms with Crippen LogP contribution in [0.3, 0.4) is 0 Å². The largest absolute Gasteiger partial charge is 0.315 e. The average molecular weight is 381 g/mol. The van der Waals surface area contributed by atoms with Crippen LogP contribution in [0.25, 0.3) is 0 Å². The van der Waals surface area contributed by atoms with Crippen LogP contribution in [0.2, 0.25) is 0 Å². The van der Waals surface area contributed by atoms with Crippen LogP contribution in [-0.4, -0.2) is 27.5 Å². The maximum atomic E-state index is 12.3. The lowest BCUT2D eigenvalue weighted by atomic mass is 10.1. The van der Waals surface area contributed by atoms with Gasteiger partial charge in [0.05, 0.1) is 16.5 Å². The highest BCUT2D eigenvalue weighted by Gasteiger charge is 2.22. The lowest BCUT2D eigenvalue weighted by Crippen LogP contribution is -2.45. The second-order valence-corrected chi connectivity index (χ2v) is 7.08. The maximum Gasteiger partial charge on any atom is 0.240 e. The summed E-state index contributed by atoms with van der Waals surface area (Å²) in [6, 6.07) is 6.32. The summed E-state index contributed by atoms with van der Waals surface area (Å²) in [4.78, 5) is 0.115. The van der Waals surface area contributed by atoms with Crippen molar-refractivity contribution in [3.63, 3.8) is 0 Å². The van der Waals surface area contributed by atoms with Crippen molar-refractivity contribution in [1.82, 2.24) is 10.0 Å². The van der Waals surface area contributed by atoms with E-state index >= 15 is 0 Å². The molecule has 20 heavy (non-hydrogen) atoms. The summed E-state index contributed by atoms with van der Waals surface area (Å²) in [6.45, 7) is 1.56. The molecule has 1 unspecified atom stereocenters. The van der Waals surface area contributed by atoms with Gasteiger partial charge in [-0.3, -0.25) is 0 Å². The van der Waals surface area contributed by atoms with Crippen molar-refractivity contribution < 1.29 is 8.42 Å². The molecule has 0 amide bonds. The van der Waals surface area contributed by atoms with E-state index in [1.807, 2.05) is 6.07 Å². The Kier molecular flexibility index (Phi) is 6.43. The van der Waals surface area contributed by atoms with Crippen molar-refractivity contribution in [3.8, 4) is 6.07 Å². The molecule has 110 valence electrons. The molecule has 1 atom stereocenters. The summed E-state index contributed by atoms with van der Waals surface area (Å²) in [5.74, 6) is 0. The van der Waals surface area contributed by atoms with Crippen LogP contribution >= 0.6 is 28.3 Å². The topological polar surface area (TPSA) is 82.0 Å². The Bertz CT molecular complexity index is 610. The molecular formula is C12H15BrClN3O2S. The van der Waals surface area contributed by atoms with Gasteiger partial charge in [0.1, 0.15) is 0 Å². The fraction of sp³-hybridized carbons (Fsp3) is 0.417. The zero-order valence-electron chi connectivity index (χ0n) is 10.6. The number of benzene rings is 1. The molecule has 0 aromatic heterocycles. The normalized spacial score (nSPS) is 18.9. The summed E-state index contributed by atoms with van der Waals surface area (Å²) < 4.78 is 27.8. The fourth-order valence-electron chi connectivity index (χ4n) is 2.02. The molecule has 0 aliphatic carbocycles. The minimum atomic E-state index is -3.59. The van der Waals surface area contributed by atoms with E-state index in [0.29, 0.717) is 16.6 Å². The minimum absolute atomic E-state index is 0. The third-order valence-electron chi connectivity index (χ3n) is 2.93. The van der Waals surface area contributed by atoms with E-state index in [1.165, 1.54) is 12.1 Å². The van der Waals surface area contributed by atoms with E-state index < -0.39 is 10.0 Å². The number of nitrogens with zero attached hydrogens (tertiary/aromatic N) is 1. The number of nitriles is 1. The first-order chi connectivity index (χ1) is 9.01. The highest BCUT2D eigenvalue weighted by atomic mass is 79.9. The zero-order chi connectivity index (χ0) is 13.9. The van der Waals surface area contributed by atoms with Gasteiger partial charge in [0.2, 0.25) is 10.0 Å². The predicted molar refractivity (Wildman–Crippen MR) is 82.3 cm³/mol. The molecule has 1 aliphatic heterocycles. The van der Waals surface area contributed by atoms with Crippen molar-refractivity contribution >= 4 is 38.4 Å². The van der Waals surface area contributed by atoms with Crippen LogP contribution in [0.15, 0.2) is 27.6 Å². The molecule has 0 spiro atoms. The monoisotopic (exact) mass is 379 g/mol. The first-order valence-electron chi connectivity index (χ1n) is 5.95. The summed E-state index contributed by atoms with van der Waals surface area (Å²) in [5, 5.41) is 12.0. The van der Waals surface area contributed by atoms with Gasteiger partial charge >= 0.3 is 0 Å². The average Bonchev–Trinajstić information content (AvgIpc) is 2.38. The molecule has 1 heterocycles. The Morgan fingerprint density at radius 2 is 2.15 bits per heavy atom. The standard InChI is InChI=1S/C12H14BrN3O2S.ClH/c13-10-4-9(7-14)5-12(6-10)19(17,18)16-11-2-1-3-15-8-11;/h4-6,11,15-16H,1-3,8H2;1H. The molecule has 8 heteroatoms. The van der Waals surface area contributed by atoms with E-state index in [9.17, 15) is 8.42 Å². The van der Waals surface area contributed by atoms with Gasteiger partial charge in [-0.2, -0.15) is 5.26 Å². The number of hydrogen-bond donors (Lipinski definition) is 2. The third kappa shape index (κ3) is 4.43.